The van der Waals surface area contributed by atoms with Gasteiger partial charge in [0.15, 0.2) is 10.8 Å². The molecule has 0 aliphatic carbocycles. The van der Waals surface area contributed by atoms with Gasteiger partial charge in [0, 0.05) is 10.0 Å². The lowest BCUT2D eigenvalue weighted by molar-refractivity contribution is 1.20. The van der Waals surface area contributed by atoms with E-state index in [1.165, 1.54) is 6.33 Å². The van der Waals surface area contributed by atoms with Crippen molar-refractivity contribution in [1.82, 2.24) is 19.9 Å². The van der Waals surface area contributed by atoms with E-state index in [0.29, 0.717) is 16.3 Å². The van der Waals surface area contributed by atoms with Gasteiger partial charge in [-0.3, -0.25) is 0 Å². The second-order valence-corrected chi connectivity index (χ2v) is 4.64. The minimum absolute atomic E-state index is 0.376. The maximum Gasteiger partial charge on any atom is 0.182 e. The van der Waals surface area contributed by atoms with Crippen LogP contribution in [0.2, 0.25) is 5.15 Å². The zero-order valence-electron chi connectivity index (χ0n) is 8.48. The van der Waals surface area contributed by atoms with Crippen molar-refractivity contribution in [3.05, 3.63) is 40.2 Å². The van der Waals surface area contributed by atoms with Gasteiger partial charge in [0.2, 0.25) is 0 Å². The monoisotopic (exact) mass is 308 g/mol. The Balaban J connectivity index is 2.26. The summed E-state index contributed by atoms with van der Waals surface area (Å²) in [6, 6.07) is 7.81. The van der Waals surface area contributed by atoms with Crippen LogP contribution in [-0.2, 0) is 0 Å². The fourth-order valence-corrected chi connectivity index (χ4v) is 2.23. The van der Waals surface area contributed by atoms with E-state index >= 15 is 0 Å². The van der Waals surface area contributed by atoms with E-state index < -0.39 is 0 Å². The van der Waals surface area contributed by atoms with E-state index in [9.17, 15) is 0 Å². The van der Waals surface area contributed by atoms with Crippen LogP contribution in [-0.4, -0.2) is 19.9 Å². The molecule has 3 aromatic rings. The van der Waals surface area contributed by atoms with Gasteiger partial charge < -0.3 is 4.98 Å². The summed E-state index contributed by atoms with van der Waals surface area (Å²) in [5, 5.41) is 0.376. The van der Waals surface area contributed by atoms with Crippen LogP contribution in [0.1, 0.15) is 0 Å². The number of fused-ring (bicyclic) bond motifs is 1. The Kier molecular flexibility index (Phi) is 2.57. The lowest BCUT2D eigenvalue weighted by atomic mass is 10.2. The van der Waals surface area contributed by atoms with Gasteiger partial charge in [0.1, 0.15) is 17.7 Å². The van der Waals surface area contributed by atoms with Crippen LogP contribution in [0.5, 0.6) is 0 Å². The highest BCUT2D eigenvalue weighted by Gasteiger charge is 2.11. The highest BCUT2D eigenvalue weighted by molar-refractivity contribution is 9.10. The average Bonchev–Trinajstić information content (AvgIpc) is 2.75. The molecular formula is C11H6BrClN4. The predicted octanol–water partition coefficient (Wildman–Crippen LogP) is 3.44. The molecule has 2 heterocycles. The van der Waals surface area contributed by atoms with E-state index in [-0.39, 0.29) is 0 Å². The molecular weight excluding hydrogens is 304 g/mol. The van der Waals surface area contributed by atoms with Gasteiger partial charge in [-0.2, -0.15) is 0 Å². The van der Waals surface area contributed by atoms with Crippen LogP contribution >= 0.6 is 27.5 Å². The van der Waals surface area contributed by atoms with Crippen molar-refractivity contribution >= 4 is 38.7 Å². The normalized spacial score (nSPS) is 10.9. The molecule has 0 aliphatic rings. The smallest absolute Gasteiger partial charge is 0.182 e. The lowest BCUT2D eigenvalue weighted by Crippen LogP contribution is -1.81. The third kappa shape index (κ3) is 1.81. The topological polar surface area (TPSA) is 54.5 Å². The van der Waals surface area contributed by atoms with Crippen molar-refractivity contribution in [2.24, 2.45) is 0 Å². The molecule has 17 heavy (non-hydrogen) atoms. The number of H-pyrrole nitrogens is 1. The Morgan fingerprint density at radius 2 is 2.00 bits per heavy atom. The number of halogens is 2. The lowest BCUT2D eigenvalue weighted by Gasteiger charge is -1.98. The third-order valence-corrected chi connectivity index (χ3v) is 3.35. The zero-order chi connectivity index (χ0) is 11.8. The molecule has 1 aromatic carbocycles. The molecule has 0 unspecified atom stereocenters. The third-order valence-electron chi connectivity index (χ3n) is 2.37. The molecule has 0 radical (unpaired) electrons. The Hall–Kier alpha value is -1.46. The predicted molar refractivity (Wildman–Crippen MR) is 69.8 cm³/mol. The summed E-state index contributed by atoms with van der Waals surface area (Å²) in [4.78, 5) is 15.5. The van der Waals surface area contributed by atoms with Crippen LogP contribution in [0.15, 0.2) is 35.1 Å². The molecule has 0 atom stereocenters. The van der Waals surface area contributed by atoms with Crippen LogP contribution in [0.3, 0.4) is 0 Å². The maximum atomic E-state index is 5.96. The number of nitrogens with zero attached hydrogens (tertiary/aromatic N) is 3. The van der Waals surface area contributed by atoms with Gasteiger partial charge >= 0.3 is 0 Å². The van der Waals surface area contributed by atoms with E-state index in [1.807, 2.05) is 24.3 Å². The SMILES string of the molecule is Clc1ncnc2nc(-c3ccccc3Br)[nH]c12. The minimum Gasteiger partial charge on any atom is -0.334 e. The fourth-order valence-electron chi connectivity index (χ4n) is 1.58. The van der Waals surface area contributed by atoms with Crippen molar-refractivity contribution in [2.45, 2.75) is 0 Å². The molecule has 0 aliphatic heterocycles. The van der Waals surface area contributed by atoms with Gasteiger partial charge in [0.05, 0.1) is 0 Å². The molecule has 3 rings (SSSR count). The molecule has 0 saturated carbocycles. The van der Waals surface area contributed by atoms with Crippen molar-refractivity contribution in [3.63, 3.8) is 0 Å². The van der Waals surface area contributed by atoms with Crippen molar-refractivity contribution in [2.75, 3.05) is 0 Å². The fraction of sp³-hybridized carbons (Fsp3) is 0. The standard InChI is InChI=1S/C11H6BrClN4/c12-7-4-2-1-3-6(7)10-16-8-9(13)14-5-15-11(8)17-10/h1-5H,(H,14,15,16,17). The summed E-state index contributed by atoms with van der Waals surface area (Å²) < 4.78 is 0.961. The molecule has 4 nitrogen and oxygen atoms in total. The molecule has 0 saturated heterocycles. The summed E-state index contributed by atoms with van der Waals surface area (Å²) in [5.74, 6) is 0.717. The van der Waals surface area contributed by atoms with Gasteiger partial charge in [0.25, 0.3) is 0 Å². The average molecular weight is 310 g/mol. The second kappa shape index (κ2) is 4.09. The summed E-state index contributed by atoms with van der Waals surface area (Å²) >= 11 is 9.44. The number of aromatic amines is 1. The van der Waals surface area contributed by atoms with Crippen molar-refractivity contribution < 1.29 is 0 Å². The maximum absolute atomic E-state index is 5.96. The van der Waals surface area contributed by atoms with Gasteiger partial charge in [-0.15, -0.1) is 0 Å². The van der Waals surface area contributed by atoms with E-state index in [2.05, 4.69) is 35.9 Å². The summed E-state index contributed by atoms with van der Waals surface area (Å²) in [7, 11) is 0. The number of aromatic nitrogens is 4. The van der Waals surface area contributed by atoms with E-state index in [0.717, 1.165) is 15.9 Å². The first-order chi connectivity index (χ1) is 8.25. The first kappa shape index (κ1) is 10.7. The Labute approximate surface area is 110 Å². The molecule has 1 N–H and O–H groups in total. The Bertz CT molecular complexity index is 695. The zero-order valence-corrected chi connectivity index (χ0v) is 10.8. The molecule has 0 spiro atoms. The van der Waals surface area contributed by atoms with Crippen molar-refractivity contribution in [3.8, 4) is 11.4 Å². The molecule has 0 amide bonds. The van der Waals surface area contributed by atoms with Crippen LogP contribution in [0.4, 0.5) is 0 Å². The molecule has 84 valence electrons. The molecule has 2 aromatic heterocycles. The summed E-state index contributed by atoms with van der Waals surface area (Å²) in [5.41, 5.74) is 2.18. The van der Waals surface area contributed by atoms with E-state index in [4.69, 9.17) is 11.6 Å². The van der Waals surface area contributed by atoms with Gasteiger partial charge in [-0.05, 0) is 6.07 Å². The quantitative estimate of drug-likeness (QED) is 0.701. The van der Waals surface area contributed by atoms with Crippen LogP contribution in [0.25, 0.3) is 22.6 Å². The Morgan fingerprint density at radius 3 is 2.76 bits per heavy atom. The molecule has 0 bridgehead atoms. The van der Waals surface area contributed by atoms with Crippen LogP contribution < -0.4 is 0 Å². The number of imidazole rings is 1. The first-order valence-corrected chi connectivity index (χ1v) is 6.04. The van der Waals surface area contributed by atoms with E-state index in [1.54, 1.807) is 0 Å². The van der Waals surface area contributed by atoms with Gasteiger partial charge in [-0.1, -0.05) is 45.7 Å². The molecule has 6 heteroatoms. The Morgan fingerprint density at radius 1 is 1.18 bits per heavy atom. The number of benzene rings is 1. The van der Waals surface area contributed by atoms with Crippen LogP contribution in [0, 0.1) is 0 Å². The molecule has 0 fully saturated rings. The summed E-state index contributed by atoms with van der Waals surface area (Å²) in [6.07, 6.45) is 1.40. The van der Waals surface area contributed by atoms with Gasteiger partial charge in [-0.25, -0.2) is 15.0 Å². The largest absolute Gasteiger partial charge is 0.334 e. The highest BCUT2D eigenvalue weighted by atomic mass is 79.9. The first-order valence-electron chi connectivity index (χ1n) is 4.87. The minimum atomic E-state index is 0.376. The number of hydrogen-bond acceptors (Lipinski definition) is 3. The van der Waals surface area contributed by atoms with Crippen molar-refractivity contribution in [1.29, 1.82) is 0 Å². The highest BCUT2D eigenvalue weighted by Crippen LogP contribution is 2.28. The number of hydrogen-bond donors (Lipinski definition) is 1. The summed E-state index contributed by atoms with van der Waals surface area (Å²) in [6.45, 7) is 0. The number of nitrogens with one attached hydrogen (secondary N) is 1. The number of rotatable bonds is 1. The second-order valence-electron chi connectivity index (χ2n) is 3.43.